The Morgan fingerprint density at radius 3 is 3.00 bits per heavy atom. The molecule has 0 unspecified atom stereocenters. The molecule has 3 saturated heterocycles. The van der Waals surface area contributed by atoms with E-state index in [9.17, 15) is 9.18 Å². The number of alkyl halides is 1. The molecule has 4 aromatic rings. The Morgan fingerprint density at radius 2 is 2.08 bits per heavy atom. The number of nitrogens with one attached hydrogen (secondary N) is 1. The maximum absolute atomic E-state index is 17.2. The number of carbonyl (C=O) groups is 1. The Kier molecular flexibility index (Phi) is 6.98. The first-order valence-electron chi connectivity index (χ1n) is 16.9. The van der Waals surface area contributed by atoms with Crippen LogP contribution in [0.25, 0.3) is 33.1 Å². The number of aromatic nitrogens is 5. The fourth-order valence-electron chi connectivity index (χ4n) is 8.75. The van der Waals surface area contributed by atoms with Crippen LogP contribution in [-0.4, -0.2) is 106 Å². The number of halogens is 2. The molecule has 5 aliphatic heterocycles. The van der Waals surface area contributed by atoms with Crippen LogP contribution in [0.3, 0.4) is 0 Å². The Bertz CT molecular complexity index is 1940. The molecule has 4 atom stereocenters. The number of hydrogen-bond acceptors (Lipinski definition) is 11. The van der Waals surface area contributed by atoms with Crippen LogP contribution in [-0.2, 0) is 20.6 Å². The van der Waals surface area contributed by atoms with Crippen molar-refractivity contribution in [2.45, 2.75) is 68.7 Å². The van der Waals surface area contributed by atoms with E-state index in [0.29, 0.717) is 49.3 Å². The Labute approximate surface area is 275 Å². The largest absolute Gasteiger partial charge is 0.508 e. The lowest BCUT2D eigenvalue weighted by molar-refractivity contribution is -0.0578. The molecule has 6 aliphatic rings. The SMILES string of the molecule is C[C@@]12COCCN(C1)c1nc(OC[C@@]34CCCN3C[C@H](F)C4)nc3c(F)c(ncc13)-c1c3c(cc4[nH]ncc14)CC[C@H]3CCOC(=O)O2. The summed E-state index contributed by atoms with van der Waals surface area (Å²) in [4.78, 5) is 31.3. The van der Waals surface area contributed by atoms with Crippen molar-refractivity contribution in [1.82, 2.24) is 30.0 Å². The summed E-state index contributed by atoms with van der Waals surface area (Å²) in [5, 5.41) is 8.47. The molecule has 6 bridgehead atoms. The molecule has 0 amide bonds. The van der Waals surface area contributed by atoms with E-state index in [0.717, 1.165) is 54.3 Å². The molecule has 3 aromatic heterocycles. The zero-order valence-electron chi connectivity index (χ0n) is 26.8. The second-order valence-corrected chi connectivity index (χ2v) is 14.2. The van der Waals surface area contributed by atoms with E-state index in [1.807, 2.05) is 4.90 Å². The number of H-pyrrole nitrogens is 1. The number of hydrogen-bond donors (Lipinski definition) is 1. The highest BCUT2D eigenvalue weighted by Gasteiger charge is 2.49. The third kappa shape index (κ3) is 4.86. The van der Waals surface area contributed by atoms with Gasteiger partial charge in [-0.2, -0.15) is 15.1 Å². The molecular formula is C34H37F2N7O5. The van der Waals surface area contributed by atoms with Crippen molar-refractivity contribution in [1.29, 1.82) is 0 Å². The van der Waals surface area contributed by atoms with Crippen LogP contribution in [0.2, 0.25) is 0 Å². The summed E-state index contributed by atoms with van der Waals surface area (Å²) >= 11 is 0. The van der Waals surface area contributed by atoms with Gasteiger partial charge < -0.3 is 23.8 Å². The molecule has 0 spiro atoms. The van der Waals surface area contributed by atoms with Crippen molar-refractivity contribution >= 4 is 33.8 Å². The van der Waals surface area contributed by atoms with E-state index >= 15 is 4.39 Å². The van der Waals surface area contributed by atoms with Crippen LogP contribution >= 0.6 is 0 Å². The third-order valence-corrected chi connectivity index (χ3v) is 10.9. The van der Waals surface area contributed by atoms with Gasteiger partial charge in [0.05, 0.1) is 49.0 Å². The van der Waals surface area contributed by atoms with E-state index in [4.69, 9.17) is 28.9 Å². The summed E-state index contributed by atoms with van der Waals surface area (Å²) in [6.45, 7) is 4.36. The minimum Gasteiger partial charge on any atom is -0.461 e. The Hall–Kier alpha value is -4.17. The number of carbonyl (C=O) groups excluding carboxylic acids is 1. The molecule has 1 aromatic carbocycles. The summed E-state index contributed by atoms with van der Waals surface area (Å²) in [6.07, 6.45) is 5.93. The van der Waals surface area contributed by atoms with Crippen molar-refractivity contribution in [3.05, 3.63) is 35.4 Å². The first-order valence-corrected chi connectivity index (χ1v) is 16.9. The van der Waals surface area contributed by atoms with Crippen molar-refractivity contribution in [3.8, 4) is 17.3 Å². The molecule has 1 aliphatic carbocycles. The molecule has 252 valence electrons. The summed E-state index contributed by atoms with van der Waals surface area (Å²) < 4.78 is 55.5. The van der Waals surface area contributed by atoms with Gasteiger partial charge in [0.25, 0.3) is 0 Å². The van der Waals surface area contributed by atoms with Gasteiger partial charge in [-0.1, -0.05) is 0 Å². The highest BCUT2D eigenvalue weighted by Crippen LogP contribution is 2.47. The number of aromatic amines is 1. The van der Waals surface area contributed by atoms with E-state index in [1.165, 1.54) is 0 Å². The topological polar surface area (TPSA) is 128 Å². The highest BCUT2D eigenvalue weighted by molar-refractivity contribution is 6.00. The van der Waals surface area contributed by atoms with Gasteiger partial charge in [0.2, 0.25) is 0 Å². The van der Waals surface area contributed by atoms with Gasteiger partial charge in [-0.3, -0.25) is 15.0 Å². The van der Waals surface area contributed by atoms with Gasteiger partial charge >= 0.3 is 12.2 Å². The maximum Gasteiger partial charge on any atom is 0.508 e. The minimum absolute atomic E-state index is 0.00148. The molecule has 8 heterocycles. The zero-order chi connectivity index (χ0) is 32.6. The summed E-state index contributed by atoms with van der Waals surface area (Å²) in [5.41, 5.74) is 2.21. The van der Waals surface area contributed by atoms with Gasteiger partial charge in [0.15, 0.2) is 11.4 Å². The number of ether oxygens (including phenoxy) is 4. The molecule has 0 radical (unpaired) electrons. The van der Waals surface area contributed by atoms with Gasteiger partial charge in [-0.05, 0) is 68.7 Å². The lowest BCUT2D eigenvalue weighted by Gasteiger charge is -2.33. The third-order valence-electron chi connectivity index (χ3n) is 10.9. The predicted octanol–water partition coefficient (Wildman–Crippen LogP) is 4.84. The number of benzene rings is 1. The van der Waals surface area contributed by atoms with Gasteiger partial charge in [0, 0.05) is 36.7 Å². The lowest BCUT2D eigenvalue weighted by atomic mass is 9.89. The van der Waals surface area contributed by atoms with E-state index in [2.05, 4.69) is 26.1 Å². The van der Waals surface area contributed by atoms with Crippen LogP contribution in [0.15, 0.2) is 18.5 Å². The quantitative estimate of drug-likeness (QED) is 0.303. The normalized spacial score (nSPS) is 28.9. The van der Waals surface area contributed by atoms with Gasteiger partial charge in [-0.15, -0.1) is 0 Å². The average Bonchev–Trinajstić information content (AvgIpc) is 3.82. The van der Waals surface area contributed by atoms with Crippen LogP contribution in [0.4, 0.5) is 19.4 Å². The number of aryl methyl sites for hydroxylation is 1. The number of anilines is 1. The maximum atomic E-state index is 17.2. The Balaban J connectivity index is 1.23. The minimum atomic E-state index is -1.09. The molecule has 14 heteroatoms. The molecular weight excluding hydrogens is 624 g/mol. The van der Waals surface area contributed by atoms with E-state index in [-0.39, 0.29) is 49.5 Å². The van der Waals surface area contributed by atoms with Crippen LogP contribution in [0, 0.1) is 5.82 Å². The van der Waals surface area contributed by atoms with E-state index < -0.39 is 29.3 Å². The molecule has 12 nitrogen and oxygen atoms in total. The summed E-state index contributed by atoms with van der Waals surface area (Å²) in [5.74, 6) is -0.205. The number of rotatable bonds is 3. The highest BCUT2D eigenvalue weighted by atomic mass is 19.1. The predicted molar refractivity (Wildman–Crippen MR) is 170 cm³/mol. The molecule has 1 N–H and O–H groups in total. The second kappa shape index (κ2) is 11.2. The number of pyridine rings is 1. The van der Waals surface area contributed by atoms with E-state index in [1.54, 1.807) is 19.3 Å². The first kappa shape index (κ1) is 29.9. The van der Waals surface area contributed by atoms with Crippen LogP contribution < -0.4 is 9.64 Å². The standard InChI is InChI=1S/C34H37F2N7O5/c1-33-16-42(8-10-45-17-33)30-23-13-37-29(27(36)28(23)39-31(40-30)47-18-34-6-2-7-43(34)15-21(35)12-34)26-22-14-38-41-24(22)11-20-4-3-19(25(20)26)5-9-46-32(44)48-33/h11,13-14,19,21H,2-10,12,15-18H2,1H3,(H,38,41)/t19-,21+,33-,34-/m0/s1. The Morgan fingerprint density at radius 1 is 1.17 bits per heavy atom. The number of fused-ring (bicyclic) bond motifs is 7. The average molecular weight is 662 g/mol. The second-order valence-electron chi connectivity index (χ2n) is 14.2. The van der Waals surface area contributed by atoms with Gasteiger partial charge in [0.1, 0.15) is 29.8 Å². The van der Waals surface area contributed by atoms with Crippen molar-refractivity contribution in [2.24, 2.45) is 0 Å². The fraction of sp³-hybridized carbons (Fsp3) is 0.559. The molecule has 0 saturated carbocycles. The van der Waals surface area contributed by atoms with Crippen molar-refractivity contribution in [3.63, 3.8) is 0 Å². The zero-order valence-corrected chi connectivity index (χ0v) is 26.8. The van der Waals surface area contributed by atoms with Crippen molar-refractivity contribution < 1.29 is 32.5 Å². The summed E-state index contributed by atoms with van der Waals surface area (Å²) in [6, 6.07) is 2.06. The monoisotopic (exact) mass is 661 g/mol. The molecule has 10 rings (SSSR count). The van der Waals surface area contributed by atoms with Crippen molar-refractivity contribution in [2.75, 3.05) is 57.5 Å². The molecule has 3 fully saturated rings. The summed E-state index contributed by atoms with van der Waals surface area (Å²) in [7, 11) is 0. The molecule has 48 heavy (non-hydrogen) atoms. The van der Waals surface area contributed by atoms with Crippen LogP contribution in [0.5, 0.6) is 6.01 Å². The van der Waals surface area contributed by atoms with Gasteiger partial charge in [-0.25, -0.2) is 13.6 Å². The number of nitrogens with zero attached hydrogens (tertiary/aromatic N) is 6. The lowest BCUT2D eigenvalue weighted by Crippen LogP contribution is -2.46. The van der Waals surface area contributed by atoms with Crippen LogP contribution in [0.1, 0.15) is 56.1 Å². The smallest absolute Gasteiger partial charge is 0.461 e. The fourth-order valence-corrected chi connectivity index (χ4v) is 8.75. The first-order chi connectivity index (χ1) is 23.3.